The average Bonchev–Trinajstić information content (AvgIpc) is 2.36. The highest BCUT2D eigenvalue weighted by Crippen LogP contribution is 2.60. The van der Waals surface area contributed by atoms with Gasteiger partial charge < -0.3 is 0 Å². The minimum atomic E-state index is -7.82. The van der Waals surface area contributed by atoms with Gasteiger partial charge in [0.2, 0.25) is 0 Å². The van der Waals surface area contributed by atoms with E-state index >= 15 is 0 Å². The Kier molecular flexibility index (Phi) is 6.48. The highest BCUT2D eigenvalue weighted by molar-refractivity contribution is 7.80. The first-order valence-electron chi connectivity index (χ1n) is 5.88. The fourth-order valence-corrected chi connectivity index (χ4v) is 1.64. The van der Waals surface area contributed by atoms with Gasteiger partial charge in [0.05, 0.1) is 0 Å². The van der Waals surface area contributed by atoms with Gasteiger partial charge in [-0.05, 0) is 18.6 Å². The van der Waals surface area contributed by atoms with E-state index in [0.717, 1.165) is 0 Å². The molecule has 0 atom stereocenters. The van der Waals surface area contributed by atoms with E-state index in [9.17, 15) is 57.1 Å². The maximum absolute atomic E-state index is 13.1. The van der Waals surface area contributed by atoms with Crippen molar-refractivity contribution in [1.29, 1.82) is 0 Å². The van der Waals surface area contributed by atoms with E-state index in [1.54, 1.807) is 0 Å². The fraction of sp³-hybridized carbons (Fsp3) is 1.00. The first kappa shape index (κ1) is 23.4. The summed E-state index contributed by atoms with van der Waals surface area (Å²) < 4.78 is 165. The van der Waals surface area contributed by atoms with Crippen LogP contribution < -0.4 is 0 Å². The number of unbranched alkanes of at least 4 members (excludes halogenated alkanes) is 1. The first-order chi connectivity index (χ1) is 10.3. The molecule has 146 valence electrons. The van der Waals surface area contributed by atoms with E-state index in [1.807, 2.05) is 0 Å². The third-order valence-electron chi connectivity index (χ3n) is 2.90. The molecule has 14 heteroatoms. The van der Waals surface area contributed by atoms with Crippen LogP contribution in [0.1, 0.15) is 19.3 Å². The molecule has 0 aromatic heterocycles. The lowest BCUT2D eigenvalue weighted by molar-refractivity contribution is -0.440. The van der Waals surface area contributed by atoms with Gasteiger partial charge in [0.15, 0.2) is 0 Å². The second kappa shape index (κ2) is 6.63. The monoisotopic (exact) mass is 408 g/mol. The summed E-state index contributed by atoms with van der Waals surface area (Å²) in [6, 6.07) is 0. The topological polar surface area (TPSA) is 0 Å². The summed E-state index contributed by atoms with van der Waals surface area (Å²) in [6.45, 7) is 0. The van der Waals surface area contributed by atoms with Crippen LogP contribution in [0.25, 0.3) is 0 Å². The molecule has 0 aromatic rings. The Bertz CT molecular complexity index is 425. The van der Waals surface area contributed by atoms with Crippen LogP contribution in [0.15, 0.2) is 0 Å². The summed E-state index contributed by atoms with van der Waals surface area (Å²) in [7, 11) is 0. The van der Waals surface area contributed by atoms with Crippen LogP contribution in [0.3, 0.4) is 0 Å². The molecule has 0 amide bonds. The zero-order chi connectivity index (χ0) is 19.8. The summed E-state index contributed by atoms with van der Waals surface area (Å²) >= 11 is 3.47. The Morgan fingerprint density at radius 2 is 0.875 bits per heavy atom. The van der Waals surface area contributed by atoms with Crippen LogP contribution in [-0.4, -0.2) is 41.5 Å². The molecule has 0 aliphatic heterocycles. The Hall–Kier alpha value is -0.560. The van der Waals surface area contributed by atoms with Crippen molar-refractivity contribution in [2.45, 2.75) is 55.1 Å². The average molecular weight is 408 g/mol. The Morgan fingerprint density at radius 1 is 0.500 bits per heavy atom. The summed E-state index contributed by atoms with van der Waals surface area (Å²) in [4.78, 5) is 0. The van der Waals surface area contributed by atoms with Gasteiger partial charge >= 0.3 is 35.8 Å². The third-order valence-corrected chi connectivity index (χ3v) is 3.21. The molecule has 0 aromatic carbocycles. The minimum Gasteiger partial charge on any atom is -0.200 e. The Balaban J connectivity index is 5.92. The molecule has 0 spiro atoms. The van der Waals surface area contributed by atoms with Crippen molar-refractivity contribution in [2.75, 3.05) is 5.75 Å². The number of thiol groups is 1. The summed E-state index contributed by atoms with van der Waals surface area (Å²) in [5.74, 6) is -36.5. The van der Waals surface area contributed by atoms with Crippen LogP contribution in [-0.2, 0) is 0 Å². The molecule has 0 rings (SSSR count). The number of hydrogen-bond acceptors (Lipinski definition) is 1. The van der Waals surface area contributed by atoms with Crippen molar-refractivity contribution < 1.29 is 57.1 Å². The number of halogens is 13. The highest BCUT2D eigenvalue weighted by atomic mass is 32.1. The van der Waals surface area contributed by atoms with Gasteiger partial charge in [-0.2, -0.15) is 69.7 Å². The largest absolute Gasteiger partial charge is 0.460 e. The van der Waals surface area contributed by atoms with Crippen LogP contribution in [0, 0.1) is 0 Å². The van der Waals surface area contributed by atoms with E-state index in [0.29, 0.717) is 0 Å². The van der Waals surface area contributed by atoms with Crippen molar-refractivity contribution in [3.05, 3.63) is 0 Å². The maximum Gasteiger partial charge on any atom is 0.460 e. The van der Waals surface area contributed by atoms with Crippen molar-refractivity contribution in [3.8, 4) is 0 Å². The fourth-order valence-electron chi connectivity index (χ4n) is 1.42. The second-order valence-electron chi connectivity index (χ2n) is 4.68. The highest BCUT2D eigenvalue weighted by Gasteiger charge is 2.90. The van der Waals surface area contributed by atoms with Crippen LogP contribution in [0.2, 0.25) is 0 Å². The number of rotatable bonds is 8. The molecular formula is C10H9F13S. The van der Waals surface area contributed by atoms with Gasteiger partial charge in [0.1, 0.15) is 0 Å². The lowest BCUT2D eigenvalue weighted by Crippen LogP contribution is -2.70. The summed E-state index contributed by atoms with van der Waals surface area (Å²) in [5.41, 5.74) is 0. The van der Waals surface area contributed by atoms with E-state index < -0.39 is 48.6 Å². The molecule has 0 aliphatic rings. The summed E-state index contributed by atoms with van der Waals surface area (Å²) in [5, 5.41) is 0. The molecule has 0 nitrogen and oxygen atoms in total. The molecule has 0 N–H and O–H groups in total. The van der Waals surface area contributed by atoms with Gasteiger partial charge in [-0.15, -0.1) is 0 Å². The zero-order valence-corrected chi connectivity index (χ0v) is 12.1. The smallest absolute Gasteiger partial charge is 0.200 e. The maximum atomic E-state index is 13.1. The second-order valence-corrected chi connectivity index (χ2v) is 5.13. The van der Waals surface area contributed by atoms with Crippen molar-refractivity contribution in [3.63, 3.8) is 0 Å². The predicted molar refractivity (Wildman–Crippen MR) is 58.5 cm³/mol. The molecule has 0 unspecified atom stereocenters. The van der Waals surface area contributed by atoms with E-state index in [2.05, 4.69) is 12.6 Å². The molecule has 0 saturated heterocycles. The van der Waals surface area contributed by atoms with Crippen molar-refractivity contribution in [2.24, 2.45) is 0 Å². The Morgan fingerprint density at radius 3 is 1.21 bits per heavy atom. The van der Waals surface area contributed by atoms with Crippen molar-refractivity contribution in [1.82, 2.24) is 0 Å². The normalized spacial score (nSPS) is 15.8. The zero-order valence-electron chi connectivity index (χ0n) is 11.2. The van der Waals surface area contributed by atoms with E-state index in [-0.39, 0.29) is 12.2 Å². The van der Waals surface area contributed by atoms with Crippen LogP contribution in [0.5, 0.6) is 0 Å². The number of alkyl halides is 13. The van der Waals surface area contributed by atoms with Gasteiger partial charge in [0.25, 0.3) is 0 Å². The predicted octanol–water partition coefficient (Wildman–Crippen LogP) is 5.83. The van der Waals surface area contributed by atoms with E-state index in [4.69, 9.17) is 0 Å². The molecular weight excluding hydrogens is 399 g/mol. The van der Waals surface area contributed by atoms with Crippen LogP contribution in [0.4, 0.5) is 57.1 Å². The standard InChI is InChI=1S/C10H9F13S/c11-5(12,3-1-2-4-24)6(13,14)7(15,16)8(17,18)9(19,20)10(21,22)23/h24H,1-4H2. The van der Waals surface area contributed by atoms with Crippen molar-refractivity contribution >= 4 is 12.6 Å². The van der Waals surface area contributed by atoms with Gasteiger partial charge in [-0.25, -0.2) is 0 Å². The molecule has 0 aliphatic carbocycles. The summed E-state index contributed by atoms with van der Waals surface area (Å²) in [6.07, 6.45) is -10.8. The lowest BCUT2D eigenvalue weighted by Gasteiger charge is -2.39. The van der Waals surface area contributed by atoms with E-state index in [1.165, 1.54) is 0 Å². The molecule has 0 fully saturated rings. The minimum absolute atomic E-state index is 0.180. The van der Waals surface area contributed by atoms with Crippen LogP contribution >= 0.6 is 12.6 Å². The number of hydrogen-bond donors (Lipinski definition) is 1. The lowest BCUT2D eigenvalue weighted by atomic mass is 9.92. The molecule has 0 radical (unpaired) electrons. The quantitative estimate of drug-likeness (QED) is 0.292. The van der Waals surface area contributed by atoms with Gasteiger partial charge in [-0.1, -0.05) is 0 Å². The SMILES string of the molecule is FC(F)(F)C(F)(F)C(F)(F)C(F)(F)C(F)(F)C(F)(F)CCCCS. The van der Waals surface area contributed by atoms with Gasteiger partial charge in [0, 0.05) is 6.42 Å². The van der Waals surface area contributed by atoms with Gasteiger partial charge in [-0.3, -0.25) is 0 Å². The molecule has 0 bridgehead atoms. The molecule has 24 heavy (non-hydrogen) atoms. The molecule has 0 saturated carbocycles. The Labute approximate surface area is 131 Å². The first-order valence-corrected chi connectivity index (χ1v) is 6.51. The third kappa shape index (κ3) is 3.52. The molecule has 0 heterocycles.